The number of carbonyl (C=O) groups is 3. The Hall–Kier alpha value is -1.67. The molecule has 0 amide bonds. The average molecular weight is 277 g/mol. The van der Waals surface area contributed by atoms with E-state index in [0.29, 0.717) is 0 Å². The van der Waals surface area contributed by atoms with Crippen molar-refractivity contribution in [3.63, 3.8) is 0 Å². The van der Waals surface area contributed by atoms with Crippen molar-refractivity contribution in [2.24, 2.45) is 11.8 Å². The first kappa shape index (κ1) is 17.3. The molecule has 0 fully saturated rings. The lowest BCUT2D eigenvalue weighted by Gasteiger charge is -2.30. The van der Waals surface area contributed by atoms with E-state index in [9.17, 15) is 14.4 Å². The van der Waals surface area contributed by atoms with Crippen LogP contribution in [0.1, 0.15) is 13.8 Å². The minimum absolute atomic E-state index is 0.148. The van der Waals surface area contributed by atoms with Gasteiger partial charge in [0.15, 0.2) is 0 Å². The largest absolute Gasteiger partial charge is 0.481 e. The van der Waals surface area contributed by atoms with Gasteiger partial charge in [0.2, 0.25) is 0 Å². The number of aliphatic hydroxyl groups excluding tert-OH is 1. The minimum atomic E-state index is -1.32. The smallest absolute Gasteiger partial charge is 0.323 e. The number of aliphatic hydroxyl groups is 1. The second-order valence-electron chi connectivity index (χ2n) is 4.47. The number of aliphatic carboxylic acids is 3. The molecule has 2 unspecified atom stereocenters. The van der Waals surface area contributed by atoms with E-state index in [1.54, 1.807) is 0 Å². The van der Waals surface area contributed by atoms with Gasteiger partial charge in [-0.15, -0.1) is 0 Å². The van der Waals surface area contributed by atoms with Gasteiger partial charge in [-0.1, -0.05) is 13.8 Å². The third-order valence-corrected chi connectivity index (χ3v) is 2.76. The minimum Gasteiger partial charge on any atom is -0.481 e. The van der Waals surface area contributed by atoms with Crippen LogP contribution in [-0.2, 0) is 14.4 Å². The van der Waals surface area contributed by atoms with Crippen molar-refractivity contribution in [1.29, 1.82) is 0 Å². The van der Waals surface area contributed by atoms with Crippen LogP contribution in [0.5, 0.6) is 0 Å². The summed E-state index contributed by atoms with van der Waals surface area (Å²) in [6.45, 7) is 1.76. The lowest BCUT2D eigenvalue weighted by atomic mass is 10.1. The zero-order valence-electron chi connectivity index (χ0n) is 10.8. The molecular formula is C11H19NO7. The first-order valence-corrected chi connectivity index (χ1v) is 5.74. The Kier molecular flexibility index (Phi) is 7.02. The number of hydrogen-bond acceptors (Lipinski definition) is 5. The maximum atomic E-state index is 11.0. The first-order valence-electron chi connectivity index (χ1n) is 5.74. The summed E-state index contributed by atoms with van der Waals surface area (Å²) in [7, 11) is 0. The van der Waals surface area contributed by atoms with Gasteiger partial charge < -0.3 is 20.4 Å². The molecule has 0 aliphatic rings. The summed E-state index contributed by atoms with van der Waals surface area (Å²) in [5.41, 5.74) is 0. The molecule has 0 aromatic carbocycles. The maximum absolute atomic E-state index is 11.0. The van der Waals surface area contributed by atoms with Crippen molar-refractivity contribution >= 4 is 17.9 Å². The lowest BCUT2D eigenvalue weighted by Crippen LogP contribution is -2.49. The van der Waals surface area contributed by atoms with Crippen LogP contribution in [0.2, 0.25) is 0 Å². The summed E-state index contributed by atoms with van der Waals surface area (Å²) in [4.78, 5) is 33.7. The van der Waals surface area contributed by atoms with Crippen LogP contribution in [0, 0.1) is 11.8 Å². The Labute approximate surface area is 110 Å². The molecule has 0 rings (SSSR count). The van der Waals surface area contributed by atoms with E-state index in [2.05, 4.69) is 0 Å². The fraction of sp³-hybridized carbons (Fsp3) is 0.727. The van der Waals surface area contributed by atoms with Gasteiger partial charge in [-0.25, -0.2) is 0 Å². The van der Waals surface area contributed by atoms with Crippen molar-refractivity contribution in [2.45, 2.75) is 19.9 Å². The summed E-state index contributed by atoms with van der Waals surface area (Å²) >= 11 is 0. The van der Waals surface area contributed by atoms with Crippen LogP contribution in [0.25, 0.3) is 0 Å². The highest BCUT2D eigenvalue weighted by Crippen LogP contribution is 2.10. The molecule has 0 aliphatic carbocycles. The van der Waals surface area contributed by atoms with Gasteiger partial charge in [0.05, 0.1) is 18.4 Å². The number of nitrogens with zero attached hydrogens (tertiary/aromatic N) is 1. The van der Waals surface area contributed by atoms with E-state index in [1.807, 2.05) is 0 Å². The van der Waals surface area contributed by atoms with Gasteiger partial charge in [-0.05, 0) is 0 Å². The third kappa shape index (κ3) is 5.66. The van der Waals surface area contributed by atoms with E-state index in [-0.39, 0.29) is 13.1 Å². The monoisotopic (exact) mass is 277 g/mol. The second-order valence-corrected chi connectivity index (χ2v) is 4.47. The van der Waals surface area contributed by atoms with Crippen molar-refractivity contribution in [3.05, 3.63) is 0 Å². The van der Waals surface area contributed by atoms with Crippen LogP contribution in [0.4, 0.5) is 0 Å². The molecule has 0 radical (unpaired) electrons. The molecule has 0 heterocycles. The Morgan fingerprint density at radius 2 is 1.26 bits per heavy atom. The summed E-state index contributed by atoms with van der Waals surface area (Å²) in [5.74, 6) is -5.29. The zero-order valence-corrected chi connectivity index (χ0v) is 10.8. The lowest BCUT2D eigenvalue weighted by molar-refractivity contribution is -0.150. The van der Waals surface area contributed by atoms with E-state index < -0.39 is 42.4 Å². The van der Waals surface area contributed by atoms with Crippen LogP contribution in [-0.4, -0.2) is 69.0 Å². The quantitative estimate of drug-likeness (QED) is 0.429. The molecular weight excluding hydrogens is 258 g/mol. The van der Waals surface area contributed by atoms with Crippen molar-refractivity contribution in [2.75, 3.05) is 19.7 Å². The number of hydrogen-bond donors (Lipinski definition) is 4. The highest BCUT2D eigenvalue weighted by molar-refractivity contribution is 5.74. The normalized spacial score (nSPS) is 15.8. The van der Waals surface area contributed by atoms with Crippen LogP contribution in [0.15, 0.2) is 0 Å². The summed E-state index contributed by atoms with van der Waals surface area (Å²) in [6, 6.07) is -1.32. The maximum Gasteiger partial charge on any atom is 0.323 e. The van der Waals surface area contributed by atoms with E-state index in [1.165, 1.54) is 18.7 Å². The predicted molar refractivity (Wildman–Crippen MR) is 63.7 cm³/mol. The molecule has 0 saturated carbocycles. The van der Waals surface area contributed by atoms with Crippen LogP contribution < -0.4 is 0 Å². The van der Waals surface area contributed by atoms with E-state index in [4.69, 9.17) is 20.4 Å². The fourth-order valence-corrected chi connectivity index (χ4v) is 1.54. The molecule has 4 N–H and O–H groups in total. The summed E-state index contributed by atoms with van der Waals surface area (Å²) in [6.07, 6.45) is 0. The van der Waals surface area contributed by atoms with Gasteiger partial charge in [-0.2, -0.15) is 0 Å². The standard InChI is InChI=1S/C11H19NO7/c1-6(9(14)15)3-12(4-7(2)10(16)17)8(5-13)11(18)19/h6-8,13H,3-5H2,1-2H3,(H,14,15)(H,16,17)(H,18,19)/t6?,7?,8-/m0/s1. The highest BCUT2D eigenvalue weighted by Gasteiger charge is 2.30. The number of rotatable bonds is 9. The number of carboxylic acids is 3. The molecule has 0 aromatic rings. The molecule has 0 bridgehead atoms. The van der Waals surface area contributed by atoms with Gasteiger partial charge in [-0.3, -0.25) is 19.3 Å². The summed E-state index contributed by atoms with van der Waals surface area (Å²) in [5, 5.41) is 35.6. The van der Waals surface area contributed by atoms with E-state index in [0.717, 1.165) is 0 Å². The Balaban J connectivity index is 4.95. The van der Waals surface area contributed by atoms with Crippen molar-refractivity contribution < 1.29 is 34.8 Å². The Morgan fingerprint density at radius 1 is 0.895 bits per heavy atom. The molecule has 8 heteroatoms. The van der Waals surface area contributed by atoms with Gasteiger partial charge in [0.25, 0.3) is 0 Å². The summed E-state index contributed by atoms with van der Waals surface area (Å²) < 4.78 is 0. The SMILES string of the molecule is CC(CN(CC(C)C(=O)O)[C@@H](CO)C(=O)O)C(=O)O. The predicted octanol–water partition coefficient (Wildman–Crippen LogP) is -0.825. The zero-order chi connectivity index (χ0) is 15.2. The molecule has 0 spiro atoms. The Bertz CT molecular complexity index is 322. The van der Waals surface area contributed by atoms with Crippen molar-refractivity contribution in [1.82, 2.24) is 4.90 Å². The molecule has 110 valence electrons. The number of carboxylic acid groups (broad SMARTS) is 3. The van der Waals surface area contributed by atoms with Crippen LogP contribution >= 0.6 is 0 Å². The molecule has 0 aromatic heterocycles. The highest BCUT2D eigenvalue weighted by atomic mass is 16.4. The molecule has 8 nitrogen and oxygen atoms in total. The molecule has 3 atom stereocenters. The fourth-order valence-electron chi connectivity index (χ4n) is 1.54. The molecule has 0 saturated heterocycles. The topological polar surface area (TPSA) is 135 Å². The third-order valence-electron chi connectivity index (χ3n) is 2.76. The van der Waals surface area contributed by atoms with Gasteiger partial charge in [0, 0.05) is 13.1 Å². The van der Waals surface area contributed by atoms with Crippen LogP contribution in [0.3, 0.4) is 0 Å². The molecule has 0 aliphatic heterocycles. The van der Waals surface area contributed by atoms with Gasteiger partial charge >= 0.3 is 17.9 Å². The first-order chi connectivity index (χ1) is 8.70. The van der Waals surface area contributed by atoms with Crippen molar-refractivity contribution in [3.8, 4) is 0 Å². The van der Waals surface area contributed by atoms with E-state index >= 15 is 0 Å². The Morgan fingerprint density at radius 3 is 1.47 bits per heavy atom. The van der Waals surface area contributed by atoms with Gasteiger partial charge in [0.1, 0.15) is 6.04 Å². The average Bonchev–Trinajstić information content (AvgIpc) is 2.28. The molecule has 19 heavy (non-hydrogen) atoms. The second kappa shape index (κ2) is 7.70.